The van der Waals surface area contributed by atoms with Gasteiger partial charge >= 0.3 is 6.18 Å². The Hall–Kier alpha value is -1.54. The van der Waals surface area contributed by atoms with Crippen molar-refractivity contribution in [3.05, 3.63) is 34.4 Å². The molecule has 0 radical (unpaired) electrons. The van der Waals surface area contributed by atoms with Crippen LogP contribution in [0.4, 0.5) is 13.2 Å². The number of aliphatic hydroxyl groups excluding tert-OH is 1. The normalized spacial score (nSPS) is 11.2. The van der Waals surface area contributed by atoms with Crippen molar-refractivity contribution >= 4 is 0 Å². The molecule has 0 bridgehead atoms. The van der Waals surface area contributed by atoms with E-state index in [2.05, 4.69) is 0 Å². The third-order valence-corrected chi connectivity index (χ3v) is 1.94. The minimum absolute atomic E-state index is 0.265. The Balaban J connectivity index is 3.53. The molecule has 0 fully saturated rings. The zero-order valence-corrected chi connectivity index (χ0v) is 7.89. The van der Waals surface area contributed by atoms with Crippen LogP contribution < -0.4 is 0 Å². The van der Waals surface area contributed by atoms with Crippen LogP contribution in [-0.4, -0.2) is 5.11 Å². The average Bonchev–Trinajstić information content (AvgIpc) is 2.14. The summed E-state index contributed by atoms with van der Waals surface area (Å²) in [5, 5.41) is 17.4. The second-order valence-corrected chi connectivity index (χ2v) is 3.11. The van der Waals surface area contributed by atoms with Crippen molar-refractivity contribution < 1.29 is 18.3 Å². The summed E-state index contributed by atoms with van der Waals surface area (Å²) in [6.45, 7) is 0.839. The Bertz CT molecular complexity index is 418. The van der Waals surface area contributed by atoms with Crippen LogP contribution in [0.25, 0.3) is 0 Å². The van der Waals surface area contributed by atoms with Crippen LogP contribution in [-0.2, 0) is 12.8 Å². The number of hydrogen-bond donors (Lipinski definition) is 1. The van der Waals surface area contributed by atoms with Gasteiger partial charge in [-0.15, -0.1) is 0 Å². The van der Waals surface area contributed by atoms with Gasteiger partial charge in [-0.3, -0.25) is 0 Å². The summed E-state index contributed by atoms with van der Waals surface area (Å²) in [5.41, 5.74) is -1.24. The van der Waals surface area contributed by atoms with Gasteiger partial charge in [0.15, 0.2) is 0 Å². The molecule has 2 nitrogen and oxygen atoms in total. The van der Waals surface area contributed by atoms with Gasteiger partial charge in [-0.25, -0.2) is 0 Å². The van der Waals surface area contributed by atoms with Gasteiger partial charge in [0.1, 0.15) is 0 Å². The minimum Gasteiger partial charge on any atom is -0.392 e. The van der Waals surface area contributed by atoms with Crippen molar-refractivity contribution in [3.8, 4) is 6.07 Å². The third-order valence-electron chi connectivity index (χ3n) is 1.94. The predicted molar refractivity (Wildman–Crippen MR) is 46.8 cm³/mol. The summed E-state index contributed by atoms with van der Waals surface area (Å²) >= 11 is 0. The number of hydrogen-bond acceptors (Lipinski definition) is 2. The molecular weight excluding hydrogens is 207 g/mol. The molecule has 1 rings (SSSR count). The summed E-state index contributed by atoms with van der Waals surface area (Å²) in [4.78, 5) is 0. The maximum Gasteiger partial charge on any atom is 0.418 e. The van der Waals surface area contributed by atoms with Gasteiger partial charge in [0.25, 0.3) is 0 Å². The maximum absolute atomic E-state index is 12.6. The molecule has 0 saturated carbocycles. The molecule has 0 aromatic heterocycles. The summed E-state index contributed by atoms with van der Waals surface area (Å²) in [7, 11) is 0. The van der Waals surface area contributed by atoms with Crippen LogP contribution in [0.3, 0.4) is 0 Å². The third kappa shape index (κ3) is 2.28. The molecular formula is C10H8F3NO. The molecule has 15 heavy (non-hydrogen) atoms. The van der Waals surface area contributed by atoms with Gasteiger partial charge in [0.05, 0.1) is 23.8 Å². The molecule has 0 spiro atoms. The van der Waals surface area contributed by atoms with E-state index in [1.807, 2.05) is 0 Å². The Morgan fingerprint density at radius 2 is 2.00 bits per heavy atom. The second kappa shape index (κ2) is 3.91. The molecule has 80 valence electrons. The molecule has 0 aliphatic carbocycles. The highest BCUT2D eigenvalue weighted by atomic mass is 19.4. The van der Waals surface area contributed by atoms with E-state index in [-0.39, 0.29) is 5.56 Å². The van der Waals surface area contributed by atoms with Crippen LogP contribution in [0.2, 0.25) is 0 Å². The first-order chi connectivity index (χ1) is 6.90. The molecule has 0 atom stereocenters. The second-order valence-electron chi connectivity index (χ2n) is 3.11. The molecule has 0 saturated heterocycles. The summed E-state index contributed by atoms with van der Waals surface area (Å²) in [6, 6.07) is 3.87. The van der Waals surface area contributed by atoms with E-state index < -0.39 is 23.9 Å². The smallest absolute Gasteiger partial charge is 0.392 e. The fourth-order valence-corrected chi connectivity index (χ4v) is 1.41. The first kappa shape index (κ1) is 11.5. The van der Waals surface area contributed by atoms with E-state index >= 15 is 0 Å². The molecule has 5 heteroatoms. The van der Waals surface area contributed by atoms with Crippen molar-refractivity contribution in [3.63, 3.8) is 0 Å². The highest BCUT2D eigenvalue weighted by Gasteiger charge is 2.36. The number of rotatable bonds is 1. The highest BCUT2D eigenvalue weighted by Crippen LogP contribution is 2.35. The lowest BCUT2D eigenvalue weighted by atomic mass is 9.98. The van der Waals surface area contributed by atoms with Gasteiger partial charge in [0, 0.05) is 0 Å². The fourth-order valence-electron chi connectivity index (χ4n) is 1.41. The monoisotopic (exact) mass is 215 g/mol. The number of nitrogens with zero attached hydrogens (tertiary/aromatic N) is 1. The Labute approximate surface area is 84.6 Å². The van der Waals surface area contributed by atoms with E-state index in [1.165, 1.54) is 12.1 Å². The topological polar surface area (TPSA) is 44.0 Å². The Kier molecular flexibility index (Phi) is 3.01. The lowest BCUT2D eigenvalue weighted by molar-refractivity contribution is -0.138. The number of benzene rings is 1. The van der Waals surface area contributed by atoms with Crippen molar-refractivity contribution in [1.82, 2.24) is 0 Å². The van der Waals surface area contributed by atoms with E-state index in [4.69, 9.17) is 10.4 Å². The number of aryl methyl sites for hydroxylation is 1. The lowest BCUT2D eigenvalue weighted by Crippen LogP contribution is -2.12. The molecule has 1 N–H and O–H groups in total. The molecule has 0 unspecified atom stereocenters. The Morgan fingerprint density at radius 1 is 1.40 bits per heavy atom. The minimum atomic E-state index is -4.61. The molecule has 0 amide bonds. The molecule has 0 aliphatic heterocycles. The summed E-state index contributed by atoms with van der Waals surface area (Å²) in [6.07, 6.45) is -4.61. The first-order valence-corrected chi connectivity index (χ1v) is 4.12. The van der Waals surface area contributed by atoms with Crippen LogP contribution in [0.1, 0.15) is 22.3 Å². The summed E-state index contributed by atoms with van der Waals surface area (Å²) in [5.74, 6) is 0. The van der Waals surface area contributed by atoms with Crippen molar-refractivity contribution in [2.45, 2.75) is 19.7 Å². The quantitative estimate of drug-likeness (QED) is 0.781. The Morgan fingerprint density at radius 3 is 2.40 bits per heavy atom. The van der Waals surface area contributed by atoms with E-state index in [9.17, 15) is 13.2 Å². The van der Waals surface area contributed by atoms with Gasteiger partial charge in [-0.1, -0.05) is 6.07 Å². The van der Waals surface area contributed by atoms with Crippen LogP contribution in [0.5, 0.6) is 0 Å². The lowest BCUT2D eigenvalue weighted by Gasteiger charge is -2.13. The zero-order valence-electron chi connectivity index (χ0n) is 7.89. The molecule has 1 aromatic carbocycles. The number of alkyl halides is 3. The largest absolute Gasteiger partial charge is 0.418 e. The van der Waals surface area contributed by atoms with Gasteiger partial charge in [0.2, 0.25) is 0 Å². The van der Waals surface area contributed by atoms with Crippen molar-refractivity contribution in [1.29, 1.82) is 5.26 Å². The number of halogens is 3. The number of nitriles is 1. The highest BCUT2D eigenvalue weighted by molar-refractivity contribution is 5.47. The predicted octanol–water partition coefficient (Wildman–Crippen LogP) is 2.38. The van der Waals surface area contributed by atoms with Crippen LogP contribution >= 0.6 is 0 Å². The molecule has 0 aliphatic rings. The van der Waals surface area contributed by atoms with Gasteiger partial charge in [-0.05, 0) is 24.1 Å². The van der Waals surface area contributed by atoms with Gasteiger partial charge in [-0.2, -0.15) is 18.4 Å². The van der Waals surface area contributed by atoms with Crippen molar-refractivity contribution in [2.24, 2.45) is 0 Å². The fraction of sp³-hybridized carbons (Fsp3) is 0.300. The summed E-state index contributed by atoms with van der Waals surface area (Å²) < 4.78 is 37.7. The van der Waals surface area contributed by atoms with Gasteiger partial charge < -0.3 is 5.11 Å². The SMILES string of the molecule is Cc1cc(C#N)c(C(F)(F)F)c(CO)c1. The molecule has 1 aromatic rings. The average molecular weight is 215 g/mol. The van der Waals surface area contributed by atoms with Crippen LogP contribution in [0.15, 0.2) is 12.1 Å². The standard InChI is InChI=1S/C10H8F3NO/c1-6-2-7(4-14)9(10(11,12)13)8(3-6)5-15/h2-3,15H,5H2,1H3. The van der Waals surface area contributed by atoms with Crippen molar-refractivity contribution in [2.75, 3.05) is 0 Å². The zero-order chi connectivity index (χ0) is 11.6. The molecule has 0 heterocycles. The van der Waals surface area contributed by atoms with E-state index in [0.29, 0.717) is 5.56 Å². The maximum atomic E-state index is 12.6. The van der Waals surface area contributed by atoms with Crippen LogP contribution in [0, 0.1) is 18.3 Å². The first-order valence-electron chi connectivity index (χ1n) is 4.12. The van der Waals surface area contributed by atoms with E-state index in [1.54, 1.807) is 6.92 Å². The van der Waals surface area contributed by atoms with E-state index in [0.717, 1.165) is 6.07 Å². The number of aliphatic hydroxyl groups is 1.